The summed E-state index contributed by atoms with van der Waals surface area (Å²) in [5.74, 6) is -1.08. The lowest BCUT2D eigenvalue weighted by atomic mass is 9.88. The van der Waals surface area contributed by atoms with Crippen molar-refractivity contribution in [2.45, 2.75) is 39.6 Å². The van der Waals surface area contributed by atoms with Crippen molar-refractivity contribution in [1.82, 2.24) is 4.90 Å². The average Bonchev–Trinajstić information content (AvgIpc) is 3.17. The van der Waals surface area contributed by atoms with E-state index in [-0.39, 0.29) is 18.1 Å². The van der Waals surface area contributed by atoms with E-state index in [1.54, 1.807) is 20.8 Å². The molecule has 0 aliphatic rings. The number of likely N-dealkylation sites (N-methyl/N-ethyl adjacent to an activating group) is 1. The Kier molecular flexibility index (Phi) is 7.24. The molecule has 0 radical (unpaired) electrons. The molecule has 1 heterocycles. The van der Waals surface area contributed by atoms with Gasteiger partial charge in [0.2, 0.25) is 5.76 Å². The van der Waals surface area contributed by atoms with E-state index in [0.717, 1.165) is 6.07 Å². The number of carbonyl (C=O) groups is 2. The Morgan fingerprint density at radius 2 is 1.84 bits per heavy atom. The molecule has 2 aromatic rings. The van der Waals surface area contributed by atoms with Gasteiger partial charge in [0, 0.05) is 12.5 Å². The van der Waals surface area contributed by atoms with Crippen LogP contribution in [0.5, 0.6) is 5.75 Å². The summed E-state index contributed by atoms with van der Waals surface area (Å²) in [5.41, 5.74) is -2.46. The molecule has 0 aliphatic carbocycles. The van der Waals surface area contributed by atoms with E-state index in [9.17, 15) is 22.8 Å². The van der Waals surface area contributed by atoms with Crippen LogP contribution in [-0.2, 0) is 22.3 Å². The minimum absolute atomic E-state index is 0.00701. The Morgan fingerprint density at radius 1 is 1.19 bits per heavy atom. The zero-order valence-corrected chi connectivity index (χ0v) is 18.2. The summed E-state index contributed by atoms with van der Waals surface area (Å²) in [6.07, 6.45) is -5.89. The number of esters is 1. The van der Waals surface area contributed by atoms with Crippen LogP contribution in [0.3, 0.4) is 0 Å². The number of rotatable bonds is 6. The van der Waals surface area contributed by atoms with Crippen molar-refractivity contribution in [1.29, 1.82) is 5.26 Å². The monoisotopic (exact) mass is 452 g/mol. The van der Waals surface area contributed by atoms with Crippen molar-refractivity contribution < 1.29 is 36.7 Å². The van der Waals surface area contributed by atoms with Gasteiger partial charge in [0.15, 0.2) is 6.10 Å². The predicted molar refractivity (Wildman–Crippen MR) is 107 cm³/mol. The number of carbonyl (C=O) groups excluding carboxylic acids is 2. The molecule has 172 valence electrons. The number of ether oxygens (including phenoxy) is 2. The highest BCUT2D eigenvalue weighted by Crippen LogP contribution is 2.35. The van der Waals surface area contributed by atoms with Crippen LogP contribution >= 0.6 is 0 Å². The predicted octanol–water partition coefficient (Wildman–Crippen LogP) is 4.41. The summed E-state index contributed by atoms with van der Waals surface area (Å²) in [5, 5.41) is 8.95. The molecule has 0 aliphatic heterocycles. The molecule has 0 fully saturated rings. The van der Waals surface area contributed by atoms with Crippen LogP contribution in [-0.4, -0.2) is 37.0 Å². The Bertz CT molecular complexity index is 1030. The van der Waals surface area contributed by atoms with Crippen molar-refractivity contribution in [3.8, 4) is 11.8 Å². The number of alkyl halides is 3. The van der Waals surface area contributed by atoms with Gasteiger partial charge >= 0.3 is 12.1 Å². The van der Waals surface area contributed by atoms with Crippen molar-refractivity contribution in [3.63, 3.8) is 0 Å². The van der Waals surface area contributed by atoms with Crippen LogP contribution in [0, 0.1) is 16.7 Å². The smallest absolute Gasteiger partial charge is 0.417 e. The van der Waals surface area contributed by atoms with E-state index >= 15 is 0 Å². The highest BCUT2D eigenvalue weighted by atomic mass is 19.4. The first-order valence-electron chi connectivity index (χ1n) is 9.48. The van der Waals surface area contributed by atoms with Crippen LogP contribution in [0.1, 0.15) is 48.2 Å². The van der Waals surface area contributed by atoms with E-state index < -0.39 is 40.7 Å². The fraction of sp³-hybridized carbons (Fsp3) is 0.409. The van der Waals surface area contributed by atoms with Gasteiger partial charge < -0.3 is 18.8 Å². The molecule has 0 bridgehead atoms. The number of furan rings is 1. The highest BCUT2D eigenvalue weighted by Gasteiger charge is 2.38. The van der Waals surface area contributed by atoms with Crippen molar-refractivity contribution >= 4 is 11.9 Å². The maximum Gasteiger partial charge on any atom is 0.417 e. The molecule has 0 saturated heterocycles. The molecule has 7 nitrogen and oxygen atoms in total. The molecule has 0 spiro atoms. The zero-order valence-electron chi connectivity index (χ0n) is 18.2. The standard InChI is InChI=1S/C22H23F3N2O5/c1-21(2,3)18(32-14-7-6-13(11-26)16(10-14)22(23,24)25)19(28)27(4)12-15-8-9-17(31-15)20(29)30-5/h6-10,18H,12H2,1-5H3. The van der Waals surface area contributed by atoms with E-state index in [4.69, 9.17) is 14.4 Å². The van der Waals surface area contributed by atoms with Crippen LogP contribution in [0.25, 0.3) is 0 Å². The minimum Gasteiger partial charge on any atom is -0.480 e. The summed E-state index contributed by atoms with van der Waals surface area (Å²) in [6.45, 7) is 5.12. The molecule has 1 aromatic heterocycles. The number of benzene rings is 1. The van der Waals surface area contributed by atoms with Gasteiger partial charge in [-0.2, -0.15) is 18.4 Å². The molecule has 10 heteroatoms. The Balaban J connectivity index is 2.27. The lowest BCUT2D eigenvalue weighted by molar-refractivity contribution is -0.143. The van der Waals surface area contributed by atoms with E-state index in [1.807, 2.05) is 0 Å². The molecule has 0 N–H and O–H groups in total. The maximum atomic E-state index is 13.3. The molecular formula is C22H23F3N2O5. The van der Waals surface area contributed by atoms with E-state index in [1.165, 1.54) is 43.3 Å². The lowest BCUT2D eigenvalue weighted by Crippen LogP contribution is -2.46. The number of methoxy groups -OCH3 is 1. The lowest BCUT2D eigenvalue weighted by Gasteiger charge is -2.33. The maximum absolute atomic E-state index is 13.3. The van der Waals surface area contributed by atoms with Gasteiger partial charge in [-0.3, -0.25) is 4.79 Å². The fourth-order valence-corrected chi connectivity index (χ4v) is 2.85. The number of halogens is 3. The largest absolute Gasteiger partial charge is 0.480 e. The molecule has 32 heavy (non-hydrogen) atoms. The quantitative estimate of drug-likeness (QED) is 0.603. The number of hydrogen-bond acceptors (Lipinski definition) is 6. The summed E-state index contributed by atoms with van der Waals surface area (Å²) in [7, 11) is 2.68. The van der Waals surface area contributed by atoms with Crippen LogP contribution in [0.2, 0.25) is 0 Å². The summed E-state index contributed by atoms with van der Waals surface area (Å²) in [6, 6.07) is 7.35. The van der Waals surface area contributed by atoms with E-state index in [0.29, 0.717) is 11.8 Å². The zero-order chi connectivity index (χ0) is 24.3. The van der Waals surface area contributed by atoms with Crippen LogP contribution in [0.15, 0.2) is 34.7 Å². The third kappa shape index (κ3) is 5.81. The molecule has 1 aromatic carbocycles. The normalized spacial score (nSPS) is 12.6. The first-order chi connectivity index (χ1) is 14.8. The molecule has 1 unspecified atom stereocenters. The average molecular weight is 452 g/mol. The van der Waals surface area contributed by atoms with Crippen LogP contribution in [0.4, 0.5) is 13.2 Å². The van der Waals surface area contributed by atoms with Gasteiger partial charge in [0.25, 0.3) is 5.91 Å². The number of nitriles is 1. The minimum atomic E-state index is -4.75. The molecular weight excluding hydrogens is 429 g/mol. The second-order valence-electron chi connectivity index (χ2n) is 8.13. The SMILES string of the molecule is COC(=O)c1ccc(CN(C)C(=O)C(Oc2ccc(C#N)c(C(F)(F)F)c2)C(C)(C)C)o1. The fourth-order valence-electron chi connectivity index (χ4n) is 2.85. The highest BCUT2D eigenvalue weighted by molar-refractivity contribution is 5.86. The second-order valence-corrected chi connectivity index (χ2v) is 8.13. The topological polar surface area (TPSA) is 92.8 Å². The van der Waals surface area contributed by atoms with Gasteiger partial charge in [-0.05, 0) is 30.3 Å². The van der Waals surface area contributed by atoms with Crippen LogP contribution < -0.4 is 4.74 Å². The number of nitrogens with zero attached hydrogens (tertiary/aromatic N) is 2. The molecule has 1 atom stereocenters. The number of hydrogen-bond donors (Lipinski definition) is 0. The van der Waals surface area contributed by atoms with Crippen molar-refractivity contribution in [2.75, 3.05) is 14.2 Å². The molecule has 2 rings (SSSR count). The summed E-state index contributed by atoms with van der Waals surface area (Å²) < 4.78 is 55.4. The van der Waals surface area contributed by atoms with Gasteiger partial charge in [-0.1, -0.05) is 20.8 Å². The molecule has 1 amide bonds. The Morgan fingerprint density at radius 3 is 2.38 bits per heavy atom. The summed E-state index contributed by atoms with van der Waals surface area (Å²) in [4.78, 5) is 25.9. The van der Waals surface area contributed by atoms with Gasteiger partial charge in [-0.15, -0.1) is 0 Å². The first-order valence-corrected chi connectivity index (χ1v) is 9.48. The Labute approximate surface area is 183 Å². The van der Waals surface area contributed by atoms with Gasteiger partial charge in [0.05, 0.1) is 30.9 Å². The second kappa shape index (κ2) is 9.34. The number of amides is 1. The van der Waals surface area contributed by atoms with Gasteiger partial charge in [0.1, 0.15) is 11.5 Å². The summed E-state index contributed by atoms with van der Waals surface area (Å²) >= 11 is 0. The third-order valence-corrected chi connectivity index (χ3v) is 4.50. The third-order valence-electron chi connectivity index (χ3n) is 4.50. The molecule has 0 saturated carbocycles. The van der Waals surface area contributed by atoms with Gasteiger partial charge in [-0.25, -0.2) is 4.79 Å². The Hall–Kier alpha value is -3.48. The first kappa shape index (κ1) is 24.8. The van der Waals surface area contributed by atoms with Crippen molar-refractivity contribution in [3.05, 3.63) is 53.0 Å². The van der Waals surface area contributed by atoms with Crippen molar-refractivity contribution in [2.24, 2.45) is 5.41 Å². The van der Waals surface area contributed by atoms with E-state index in [2.05, 4.69) is 4.74 Å².